The number of hydrogen-bond donors (Lipinski definition) is 2. The summed E-state index contributed by atoms with van der Waals surface area (Å²) in [5, 5.41) is 14.2. The van der Waals surface area contributed by atoms with Gasteiger partial charge in [-0.2, -0.15) is 10.1 Å². The van der Waals surface area contributed by atoms with Crippen molar-refractivity contribution in [2.45, 2.75) is 12.8 Å². The molecule has 0 spiro atoms. The molecule has 0 saturated carbocycles. The highest BCUT2D eigenvalue weighted by molar-refractivity contribution is 6.31. The molecule has 0 bridgehead atoms. The van der Waals surface area contributed by atoms with Gasteiger partial charge in [0.2, 0.25) is 5.95 Å². The Hall–Kier alpha value is -2.93. The molecule has 1 aliphatic rings. The number of anilines is 5. The van der Waals surface area contributed by atoms with Crippen molar-refractivity contribution in [3.8, 4) is 0 Å². The average molecular weight is 385 g/mol. The van der Waals surface area contributed by atoms with Crippen LogP contribution in [0.4, 0.5) is 33.2 Å². The first kappa shape index (κ1) is 17.5. The first-order chi connectivity index (χ1) is 13.2. The Morgan fingerprint density at radius 3 is 2.44 bits per heavy atom. The molecule has 0 unspecified atom stereocenters. The topological polar surface area (TPSA) is 66.0 Å². The number of halogens is 2. The van der Waals surface area contributed by atoms with E-state index in [2.05, 4.69) is 42.8 Å². The Kier molecular flexibility index (Phi) is 5.02. The van der Waals surface area contributed by atoms with Crippen LogP contribution in [0.5, 0.6) is 0 Å². The first-order valence-corrected chi connectivity index (χ1v) is 9.09. The lowest BCUT2D eigenvalue weighted by Gasteiger charge is -2.17. The molecule has 138 valence electrons. The van der Waals surface area contributed by atoms with E-state index in [0.29, 0.717) is 17.5 Å². The minimum Gasteiger partial charge on any atom is -0.372 e. The van der Waals surface area contributed by atoms with Crippen LogP contribution in [0.3, 0.4) is 0 Å². The largest absolute Gasteiger partial charge is 0.372 e. The van der Waals surface area contributed by atoms with Crippen LogP contribution in [0.2, 0.25) is 5.02 Å². The molecular weight excluding hydrogens is 367 g/mol. The van der Waals surface area contributed by atoms with E-state index in [-0.39, 0.29) is 5.02 Å². The Balaban J connectivity index is 1.45. The molecule has 2 N–H and O–H groups in total. The molecule has 4 rings (SSSR count). The zero-order valence-electron chi connectivity index (χ0n) is 14.5. The lowest BCUT2D eigenvalue weighted by Crippen LogP contribution is -2.17. The summed E-state index contributed by atoms with van der Waals surface area (Å²) in [6, 6.07) is 12.5. The Morgan fingerprint density at radius 1 is 0.963 bits per heavy atom. The second-order valence-corrected chi connectivity index (χ2v) is 6.69. The van der Waals surface area contributed by atoms with E-state index in [1.165, 1.54) is 36.9 Å². The van der Waals surface area contributed by atoms with Crippen LogP contribution >= 0.6 is 11.6 Å². The van der Waals surface area contributed by atoms with E-state index in [4.69, 9.17) is 11.6 Å². The van der Waals surface area contributed by atoms with Crippen LogP contribution in [-0.4, -0.2) is 28.3 Å². The summed E-state index contributed by atoms with van der Waals surface area (Å²) in [6.07, 6.45) is 3.98. The number of nitrogens with one attached hydrogen (secondary N) is 2. The second-order valence-electron chi connectivity index (χ2n) is 6.29. The molecule has 0 amide bonds. The fraction of sp³-hybridized carbons (Fsp3) is 0.211. The average Bonchev–Trinajstić information content (AvgIpc) is 3.21. The molecule has 1 saturated heterocycles. The van der Waals surface area contributed by atoms with Gasteiger partial charge in [-0.3, -0.25) is 0 Å². The summed E-state index contributed by atoms with van der Waals surface area (Å²) in [4.78, 5) is 6.75. The van der Waals surface area contributed by atoms with Gasteiger partial charge in [0.05, 0.1) is 11.2 Å². The van der Waals surface area contributed by atoms with E-state index in [0.717, 1.165) is 18.8 Å². The number of hydrogen-bond acceptors (Lipinski definition) is 6. The van der Waals surface area contributed by atoms with Gasteiger partial charge >= 0.3 is 0 Å². The van der Waals surface area contributed by atoms with Gasteiger partial charge in [0.25, 0.3) is 0 Å². The van der Waals surface area contributed by atoms with Crippen LogP contribution in [0.1, 0.15) is 12.8 Å². The summed E-state index contributed by atoms with van der Waals surface area (Å²) >= 11 is 5.80. The SMILES string of the molecule is Fc1ccc(Nc2cnnc(Nc3ccc(N4CCCC4)cc3)n2)cc1Cl. The van der Waals surface area contributed by atoms with Crippen molar-refractivity contribution in [2.24, 2.45) is 0 Å². The Labute approximate surface area is 161 Å². The molecule has 0 aliphatic carbocycles. The second kappa shape index (κ2) is 7.75. The van der Waals surface area contributed by atoms with Crippen LogP contribution in [0.15, 0.2) is 48.7 Å². The molecule has 27 heavy (non-hydrogen) atoms. The van der Waals surface area contributed by atoms with E-state index in [9.17, 15) is 4.39 Å². The predicted octanol–water partition coefficient (Wildman–Crippen LogP) is 4.75. The van der Waals surface area contributed by atoms with Gasteiger partial charge in [-0.15, -0.1) is 5.10 Å². The fourth-order valence-corrected chi connectivity index (χ4v) is 3.18. The van der Waals surface area contributed by atoms with Gasteiger partial charge in [0, 0.05) is 30.2 Å². The number of rotatable bonds is 5. The van der Waals surface area contributed by atoms with Gasteiger partial charge in [-0.25, -0.2) is 4.39 Å². The lowest BCUT2D eigenvalue weighted by atomic mass is 10.2. The number of nitrogens with zero attached hydrogens (tertiary/aromatic N) is 4. The fourth-order valence-electron chi connectivity index (χ4n) is 3.00. The smallest absolute Gasteiger partial charge is 0.249 e. The number of aromatic nitrogens is 3. The Bertz CT molecular complexity index is 928. The van der Waals surface area contributed by atoms with Crippen LogP contribution < -0.4 is 15.5 Å². The normalized spacial score (nSPS) is 13.6. The van der Waals surface area contributed by atoms with Crippen molar-refractivity contribution in [1.29, 1.82) is 0 Å². The van der Waals surface area contributed by atoms with Crippen molar-refractivity contribution in [1.82, 2.24) is 15.2 Å². The molecule has 2 aromatic carbocycles. The van der Waals surface area contributed by atoms with Crippen molar-refractivity contribution in [2.75, 3.05) is 28.6 Å². The van der Waals surface area contributed by atoms with E-state index in [1.54, 1.807) is 6.07 Å². The van der Waals surface area contributed by atoms with Crippen molar-refractivity contribution < 1.29 is 4.39 Å². The highest BCUT2D eigenvalue weighted by Crippen LogP contribution is 2.24. The standard InChI is InChI=1S/C19H18ClFN6/c20-16-11-14(5-8-17(16)21)23-18-12-22-26-19(25-18)24-13-3-6-15(7-4-13)27-9-1-2-10-27/h3-8,11-12H,1-2,9-10H2,(H2,23,24,25,26). The summed E-state index contributed by atoms with van der Waals surface area (Å²) in [5.41, 5.74) is 2.71. The van der Waals surface area contributed by atoms with Gasteiger partial charge < -0.3 is 15.5 Å². The zero-order chi connectivity index (χ0) is 18.6. The third-order valence-corrected chi connectivity index (χ3v) is 4.64. The van der Waals surface area contributed by atoms with Crippen LogP contribution in [0.25, 0.3) is 0 Å². The minimum absolute atomic E-state index is 0.0402. The molecule has 0 atom stereocenters. The van der Waals surface area contributed by atoms with Crippen molar-refractivity contribution in [3.05, 3.63) is 59.5 Å². The molecule has 1 aromatic heterocycles. The predicted molar refractivity (Wildman–Crippen MR) is 106 cm³/mol. The quantitative estimate of drug-likeness (QED) is 0.661. The molecule has 1 fully saturated rings. The molecule has 3 aromatic rings. The third kappa shape index (κ3) is 4.25. The van der Waals surface area contributed by atoms with Crippen molar-refractivity contribution in [3.63, 3.8) is 0 Å². The van der Waals surface area contributed by atoms with E-state index >= 15 is 0 Å². The monoisotopic (exact) mass is 384 g/mol. The molecular formula is C19H18ClFN6. The van der Waals surface area contributed by atoms with E-state index in [1.807, 2.05) is 12.1 Å². The van der Waals surface area contributed by atoms with Gasteiger partial charge in [-0.05, 0) is 55.3 Å². The summed E-state index contributed by atoms with van der Waals surface area (Å²) in [7, 11) is 0. The maximum absolute atomic E-state index is 13.3. The highest BCUT2D eigenvalue weighted by Gasteiger charge is 2.12. The van der Waals surface area contributed by atoms with Gasteiger partial charge in [0.15, 0.2) is 5.82 Å². The molecule has 2 heterocycles. The third-order valence-electron chi connectivity index (χ3n) is 4.35. The minimum atomic E-state index is -0.470. The molecule has 8 heteroatoms. The highest BCUT2D eigenvalue weighted by atomic mass is 35.5. The molecule has 6 nitrogen and oxygen atoms in total. The number of benzene rings is 2. The zero-order valence-corrected chi connectivity index (χ0v) is 15.2. The lowest BCUT2D eigenvalue weighted by molar-refractivity contribution is 0.628. The summed E-state index contributed by atoms with van der Waals surface area (Å²) in [5.74, 6) is 0.369. The van der Waals surface area contributed by atoms with Crippen LogP contribution in [0, 0.1) is 5.82 Å². The van der Waals surface area contributed by atoms with Crippen molar-refractivity contribution >= 4 is 40.4 Å². The van der Waals surface area contributed by atoms with E-state index < -0.39 is 5.82 Å². The van der Waals surface area contributed by atoms with Gasteiger partial charge in [-0.1, -0.05) is 11.6 Å². The molecule has 1 aliphatic heterocycles. The summed E-state index contributed by atoms with van der Waals surface area (Å²) < 4.78 is 13.3. The molecule has 0 radical (unpaired) electrons. The van der Waals surface area contributed by atoms with Gasteiger partial charge in [0.1, 0.15) is 5.82 Å². The Morgan fingerprint density at radius 2 is 1.70 bits per heavy atom. The van der Waals surface area contributed by atoms with Crippen LogP contribution in [-0.2, 0) is 0 Å². The summed E-state index contributed by atoms with van der Waals surface area (Å²) in [6.45, 7) is 2.22. The first-order valence-electron chi connectivity index (χ1n) is 8.71. The maximum Gasteiger partial charge on any atom is 0.249 e. The maximum atomic E-state index is 13.3.